The summed E-state index contributed by atoms with van der Waals surface area (Å²) in [6.45, 7) is 3.93. The maximum Gasteiger partial charge on any atom is 0.337 e. The van der Waals surface area contributed by atoms with Gasteiger partial charge in [0.2, 0.25) is 0 Å². The number of carbonyl (C=O) groups is 2. The number of anilines is 3. The molecular weight excluding hydrogens is 354 g/mol. The molecule has 3 aromatic rings. The number of benzene rings is 2. The molecule has 6 heteroatoms. The minimum absolute atomic E-state index is 0.220. The molecule has 0 aliphatic heterocycles. The standard InChI is InChI=1S/C22H21N3O3/c1-14-7-8-15(2)19(11-14)25-21(26)16-9-10-23-20(13-16)24-18-6-4-5-17(12-18)22(27)28-3/h4-13H,1-3H3,(H,23,24)(H,25,26). The molecule has 0 saturated carbocycles. The Hall–Kier alpha value is -3.67. The number of pyridine rings is 1. The number of aromatic nitrogens is 1. The molecule has 0 bridgehead atoms. The molecule has 3 rings (SSSR count). The second kappa shape index (κ2) is 8.35. The van der Waals surface area contributed by atoms with Crippen molar-refractivity contribution in [2.45, 2.75) is 13.8 Å². The lowest BCUT2D eigenvalue weighted by molar-refractivity contribution is 0.0600. The van der Waals surface area contributed by atoms with Gasteiger partial charge in [0.1, 0.15) is 5.82 Å². The molecule has 0 aliphatic rings. The summed E-state index contributed by atoms with van der Waals surface area (Å²) in [5.74, 6) is -0.142. The maximum atomic E-state index is 12.6. The Morgan fingerprint density at radius 2 is 1.79 bits per heavy atom. The normalized spacial score (nSPS) is 10.2. The maximum absolute atomic E-state index is 12.6. The van der Waals surface area contributed by atoms with Crippen molar-refractivity contribution in [1.82, 2.24) is 4.98 Å². The number of rotatable bonds is 5. The van der Waals surface area contributed by atoms with E-state index in [-0.39, 0.29) is 5.91 Å². The number of methoxy groups -OCH3 is 1. The third kappa shape index (κ3) is 4.54. The van der Waals surface area contributed by atoms with Crippen molar-refractivity contribution < 1.29 is 14.3 Å². The molecule has 0 aliphatic carbocycles. The van der Waals surface area contributed by atoms with E-state index in [1.54, 1.807) is 42.6 Å². The van der Waals surface area contributed by atoms with Gasteiger partial charge in [-0.1, -0.05) is 18.2 Å². The van der Waals surface area contributed by atoms with Gasteiger partial charge >= 0.3 is 5.97 Å². The minimum Gasteiger partial charge on any atom is -0.465 e. The molecule has 0 saturated heterocycles. The smallest absolute Gasteiger partial charge is 0.337 e. The molecule has 1 amide bonds. The Morgan fingerprint density at radius 1 is 0.964 bits per heavy atom. The van der Waals surface area contributed by atoms with E-state index in [4.69, 9.17) is 4.74 Å². The lowest BCUT2D eigenvalue weighted by Crippen LogP contribution is -2.13. The first kappa shape index (κ1) is 19.1. The molecule has 2 N–H and O–H groups in total. The van der Waals surface area contributed by atoms with Crippen LogP contribution >= 0.6 is 0 Å². The van der Waals surface area contributed by atoms with Crippen LogP contribution in [0.2, 0.25) is 0 Å². The van der Waals surface area contributed by atoms with Crippen LogP contribution < -0.4 is 10.6 Å². The summed E-state index contributed by atoms with van der Waals surface area (Å²) in [5.41, 5.74) is 4.41. The van der Waals surface area contributed by atoms with Crippen LogP contribution in [0.25, 0.3) is 0 Å². The number of hydrogen-bond donors (Lipinski definition) is 2. The van der Waals surface area contributed by atoms with Crippen LogP contribution in [0.1, 0.15) is 31.8 Å². The predicted octanol–water partition coefficient (Wildman–Crippen LogP) is 4.48. The SMILES string of the molecule is COC(=O)c1cccc(Nc2cc(C(=O)Nc3cc(C)ccc3C)ccn2)c1. The first-order chi connectivity index (χ1) is 13.5. The van der Waals surface area contributed by atoms with Gasteiger partial charge in [-0.2, -0.15) is 0 Å². The van der Waals surface area contributed by atoms with Gasteiger partial charge in [-0.15, -0.1) is 0 Å². The highest BCUT2D eigenvalue weighted by Gasteiger charge is 2.10. The largest absolute Gasteiger partial charge is 0.465 e. The molecule has 0 unspecified atom stereocenters. The first-order valence-electron chi connectivity index (χ1n) is 8.76. The molecule has 6 nitrogen and oxygen atoms in total. The van der Waals surface area contributed by atoms with Crippen LogP contribution in [0.4, 0.5) is 17.2 Å². The fourth-order valence-corrected chi connectivity index (χ4v) is 2.69. The lowest BCUT2D eigenvalue weighted by atomic mass is 10.1. The Balaban J connectivity index is 1.78. The van der Waals surface area contributed by atoms with Gasteiger partial charge in [0, 0.05) is 23.1 Å². The van der Waals surface area contributed by atoms with Crippen molar-refractivity contribution >= 4 is 29.1 Å². The number of carbonyl (C=O) groups excluding carboxylic acids is 2. The van der Waals surface area contributed by atoms with Gasteiger partial charge in [0.15, 0.2) is 0 Å². The summed E-state index contributed by atoms with van der Waals surface area (Å²) in [5, 5.41) is 6.04. The number of nitrogens with one attached hydrogen (secondary N) is 2. The summed E-state index contributed by atoms with van der Waals surface area (Å²) in [6, 6.07) is 16.1. The van der Waals surface area contributed by atoms with Crippen molar-refractivity contribution in [2.24, 2.45) is 0 Å². The van der Waals surface area contributed by atoms with Crippen LogP contribution in [0.15, 0.2) is 60.8 Å². The molecular formula is C22H21N3O3. The molecule has 0 radical (unpaired) electrons. The minimum atomic E-state index is -0.418. The Labute approximate surface area is 163 Å². The zero-order valence-electron chi connectivity index (χ0n) is 15.9. The number of esters is 1. The first-order valence-corrected chi connectivity index (χ1v) is 8.76. The monoisotopic (exact) mass is 375 g/mol. The topological polar surface area (TPSA) is 80.3 Å². The number of ether oxygens (including phenoxy) is 1. The van der Waals surface area contributed by atoms with E-state index >= 15 is 0 Å². The van der Waals surface area contributed by atoms with Crippen molar-refractivity contribution in [1.29, 1.82) is 0 Å². The summed E-state index contributed by atoms with van der Waals surface area (Å²) in [6.07, 6.45) is 1.56. The summed E-state index contributed by atoms with van der Waals surface area (Å²) in [4.78, 5) is 28.5. The van der Waals surface area contributed by atoms with E-state index in [0.717, 1.165) is 16.8 Å². The van der Waals surface area contributed by atoms with Crippen molar-refractivity contribution in [3.8, 4) is 0 Å². The van der Waals surface area contributed by atoms with Crippen LogP contribution in [-0.2, 0) is 4.74 Å². The van der Waals surface area contributed by atoms with E-state index < -0.39 is 5.97 Å². The number of amides is 1. The molecule has 142 valence electrons. The number of aryl methyl sites for hydroxylation is 2. The quantitative estimate of drug-likeness (QED) is 0.643. The van der Waals surface area contributed by atoms with Crippen molar-refractivity contribution in [3.05, 3.63) is 83.0 Å². The van der Waals surface area contributed by atoms with E-state index in [0.29, 0.717) is 22.6 Å². The van der Waals surface area contributed by atoms with Crippen LogP contribution in [0.5, 0.6) is 0 Å². The van der Waals surface area contributed by atoms with Crippen LogP contribution in [0.3, 0.4) is 0 Å². The molecule has 0 fully saturated rings. The number of hydrogen-bond acceptors (Lipinski definition) is 5. The second-order valence-electron chi connectivity index (χ2n) is 6.40. The molecule has 0 atom stereocenters. The van der Waals surface area contributed by atoms with E-state index in [2.05, 4.69) is 15.6 Å². The van der Waals surface area contributed by atoms with E-state index in [9.17, 15) is 9.59 Å². The summed E-state index contributed by atoms with van der Waals surface area (Å²) >= 11 is 0. The summed E-state index contributed by atoms with van der Waals surface area (Å²) in [7, 11) is 1.34. The highest BCUT2D eigenvalue weighted by Crippen LogP contribution is 2.20. The molecule has 2 aromatic carbocycles. The third-order valence-electron chi connectivity index (χ3n) is 4.22. The van der Waals surface area contributed by atoms with Crippen LogP contribution in [-0.4, -0.2) is 24.0 Å². The molecule has 0 spiro atoms. The Kier molecular flexibility index (Phi) is 5.69. The van der Waals surface area contributed by atoms with Crippen molar-refractivity contribution in [3.63, 3.8) is 0 Å². The fraction of sp³-hybridized carbons (Fsp3) is 0.136. The average Bonchev–Trinajstić information content (AvgIpc) is 2.70. The van der Waals surface area contributed by atoms with Gasteiger partial charge in [-0.3, -0.25) is 4.79 Å². The van der Waals surface area contributed by atoms with Gasteiger partial charge in [0.05, 0.1) is 12.7 Å². The Bertz CT molecular complexity index is 1030. The van der Waals surface area contributed by atoms with Gasteiger partial charge in [-0.25, -0.2) is 9.78 Å². The number of nitrogens with zero attached hydrogens (tertiary/aromatic N) is 1. The predicted molar refractivity (Wildman–Crippen MR) is 109 cm³/mol. The zero-order chi connectivity index (χ0) is 20.1. The lowest BCUT2D eigenvalue weighted by Gasteiger charge is -2.11. The van der Waals surface area contributed by atoms with Gasteiger partial charge in [-0.05, 0) is 61.4 Å². The molecule has 1 aromatic heterocycles. The highest BCUT2D eigenvalue weighted by molar-refractivity contribution is 6.05. The van der Waals surface area contributed by atoms with Gasteiger partial charge in [0.25, 0.3) is 5.91 Å². The second-order valence-corrected chi connectivity index (χ2v) is 6.40. The summed E-state index contributed by atoms with van der Waals surface area (Å²) < 4.78 is 4.73. The average molecular weight is 375 g/mol. The zero-order valence-corrected chi connectivity index (χ0v) is 15.9. The van der Waals surface area contributed by atoms with E-state index in [1.807, 2.05) is 32.0 Å². The molecule has 28 heavy (non-hydrogen) atoms. The highest BCUT2D eigenvalue weighted by atomic mass is 16.5. The van der Waals surface area contributed by atoms with E-state index in [1.165, 1.54) is 7.11 Å². The fourth-order valence-electron chi connectivity index (χ4n) is 2.69. The Morgan fingerprint density at radius 3 is 2.57 bits per heavy atom. The third-order valence-corrected chi connectivity index (χ3v) is 4.22. The van der Waals surface area contributed by atoms with Crippen molar-refractivity contribution in [2.75, 3.05) is 17.7 Å². The van der Waals surface area contributed by atoms with Gasteiger partial charge < -0.3 is 15.4 Å². The molecule has 1 heterocycles. The van der Waals surface area contributed by atoms with Crippen LogP contribution in [0, 0.1) is 13.8 Å².